The van der Waals surface area contributed by atoms with E-state index >= 15 is 0 Å². The second-order valence-corrected chi connectivity index (χ2v) is 7.79. The number of rotatable bonds is 8. The lowest BCUT2D eigenvalue weighted by molar-refractivity contribution is -0.119. The Morgan fingerprint density at radius 1 is 1.28 bits per heavy atom. The number of aromatic nitrogens is 4. The number of amides is 1. The maximum Gasteiger partial charge on any atom is 0.231 e. The van der Waals surface area contributed by atoms with Gasteiger partial charge in [0.25, 0.3) is 0 Å². The highest BCUT2D eigenvalue weighted by Crippen LogP contribution is 2.22. The van der Waals surface area contributed by atoms with E-state index < -0.39 is 0 Å². The van der Waals surface area contributed by atoms with Crippen LogP contribution in [0.2, 0.25) is 0 Å². The monoisotopic (exact) mass is 359 g/mol. The van der Waals surface area contributed by atoms with E-state index in [-0.39, 0.29) is 11.9 Å². The summed E-state index contributed by atoms with van der Waals surface area (Å²) in [6.07, 6.45) is 3.37. The molecule has 0 fully saturated rings. The molecule has 1 aromatic carbocycles. The average molecular weight is 359 g/mol. The first-order valence-corrected chi connectivity index (χ1v) is 9.77. The summed E-state index contributed by atoms with van der Waals surface area (Å²) >= 11 is 1.42. The summed E-state index contributed by atoms with van der Waals surface area (Å²) in [7, 11) is 0. The number of hydrogen-bond acceptors (Lipinski definition) is 4. The third kappa shape index (κ3) is 4.34. The van der Waals surface area contributed by atoms with Crippen LogP contribution in [-0.2, 0) is 4.79 Å². The van der Waals surface area contributed by atoms with Gasteiger partial charge in [-0.1, -0.05) is 50.6 Å². The first kappa shape index (κ1) is 17.8. The third-order valence-corrected chi connectivity index (χ3v) is 5.10. The highest BCUT2D eigenvalue weighted by atomic mass is 32.2. The summed E-state index contributed by atoms with van der Waals surface area (Å²) in [4.78, 5) is 16.7. The van der Waals surface area contributed by atoms with E-state index in [4.69, 9.17) is 0 Å². The maximum atomic E-state index is 12.2. The predicted octanol–water partition coefficient (Wildman–Crippen LogP) is 3.63. The van der Waals surface area contributed by atoms with Gasteiger partial charge in [-0.05, 0) is 31.4 Å². The molecule has 2 aromatic heterocycles. The largest absolute Gasteiger partial charge is 0.353 e. The summed E-state index contributed by atoms with van der Waals surface area (Å²) in [6.45, 7) is 6.52. The molecule has 1 amide bonds. The zero-order valence-electron chi connectivity index (χ0n) is 15.0. The average Bonchev–Trinajstić information content (AvgIpc) is 3.11. The molecular weight excluding hydrogens is 334 g/mol. The van der Waals surface area contributed by atoms with E-state index in [2.05, 4.69) is 41.3 Å². The van der Waals surface area contributed by atoms with E-state index in [0.29, 0.717) is 17.4 Å². The van der Waals surface area contributed by atoms with E-state index in [1.54, 1.807) is 0 Å². The minimum atomic E-state index is 0.0441. The summed E-state index contributed by atoms with van der Waals surface area (Å²) < 4.78 is 1.96. The molecule has 0 aliphatic carbocycles. The van der Waals surface area contributed by atoms with Crippen LogP contribution >= 0.6 is 11.8 Å². The molecule has 0 radical (unpaired) electrons. The topological polar surface area (TPSA) is 75.1 Å². The number of aromatic amines is 1. The van der Waals surface area contributed by atoms with Crippen molar-refractivity contribution in [2.75, 3.05) is 5.75 Å². The van der Waals surface area contributed by atoms with Crippen LogP contribution in [0.25, 0.3) is 16.8 Å². The number of imidazole rings is 1. The predicted molar refractivity (Wildman–Crippen MR) is 102 cm³/mol. The summed E-state index contributed by atoms with van der Waals surface area (Å²) in [6, 6.07) is 8.12. The summed E-state index contributed by atoms with van der Waals surface area (Å²) in [5.74, 6) is 1.81. The van der Waals surface area contributed by atoms with Crippen LogP contribution in [0.3, 0.4) is 0 Å². The van der Waals surface area contributed by atoms with Crippen molar-refractivity contribution < 1.29 is 4.79 Å². The second-order valence-electron chi connectivity index (χ2n) is 6.85. The van der Waals surface area contributed by atoms with Gasteiger partial charge in [0.2, 0.25) is 11.7 Å². The van der Waals surface area contributed by atoms with Crippen molar-refractivity contribution in [2.24, 2.45) is 5.92 Å². The quantitative estimate of drug-likeness (QED) is 0.602. The molecule has 0 aliphatic heterocycles. The highest BCUT2D eigenvalue weighted by Gasteiger charge is 2.14. The Balaban J connectivity index is 1.56. The molecule has 0 aliphatic rings. The number of nitrogens with one attached hydrogen (secondary N) is 2. The van der Waals surface area contributed by atoms with Gasteiger partial charge in [-0.2, -0.15) is 0 Å². The lowest BCUT2D eigenvalue weighted by Crippen LogP contribution is -2.33. The molecule has 1 atom stereocenters. The number of nitrogens with zero attached hydrogens (tertiary/aromatic N) is 3. The van der Waals surface area contributed by atoms with Crippen molar-refractivity contribution in [1.29, 1.82) is 0 Å². The van der Waals surface area contributed by atoms with Crippen molar-refractivity contribution in [2.45, 2.75) is 51.2 Å². The minimum absolute atomic E-state index is 0.0441. The Morgan fingerprint density at radius 2 is 2.08 bits per heavy atom. The number of H-pyrrole nitrogens is 1. The van der Waals surface area contributed by atoms with Crippen LogP contribution < -0.4 is 5.32 Å². The van der Waals surface area contributed by atoms with Gasteiger partial charge in [0, 0.05) is 6.04 Å². The zero-order chi connectivity index (χ0) is 17.8. The molecule has 1 unspecified atom stereocenters. The van der Waals surface area contributed by atoms with Gasteiger partial charge in [-0.3, -0.25) is 9.20 Å². The Hall–Kier alpha value is -2.02. The highest BCUT2D eigenvalue weighted by molar-refractivity contribution is 7.99. The molecule has 0 spiro atoms. The molecular formula is C18H25N5OS. The van der Waals surface area contributed by atoms with E-state index in [1.807, 2.05) is 28.7 Å². The first-order chi connectivity index (χ1) is 12.0. The molecule has 2 N–H and O–H groups in total. The second kappa shape index (κ2) is 7.91. The smallest absolute Gasteiger partial charge is 0.231 e. The fraction of sp³-hybridized carbons (Fsp3) is 0.500. The molecule has 0 saturated carbocycles. The maximum absolute atomic E-state index is 12.2. The van der Waals surface area contributed by atoms with Crippen LogP contribution in [0.4, 0.5) is 0 Å². The Labute approximate surface area is 151 Å². The molecule has 0 bridgehead atoms. The van der Waals surface area contributed by atoms with Crippen molar-refractivity contribution in [3.05, 3.63) is 24.3 Å². The number of carbonyl (C=O) groups is 1. The molecule has 2 heterocycles. The zero-order valence-corrected chi connectivity index (χ0v) is 15.8. The van der Waals surface area contributed by atoms with Crippen LogP contribution in [0.15, 0.2) is 29.4 Å². The van der Waals surface area contributed by atoms with Crippen LogP contribution in [-0.4, -0.2) is 37.3 Å². The molecule has 7 heteroatoms. The number of carbonyl (C=O) groups excluding carboxylic acids is 1. The first-order valence-electron chi connectivity index (χ1n) is 8.78. The standard InChI is InChI=1S/C18H25N5OS/c1-12(2)7-6-8-13(3)19-16(24)11-25-18-22-21-17-20-14-9-4-5-10-15(14)23(17)18/h4-5,9-10,12-13H,6-8,11H2,1-3H3,(H,19,24)(H,20,21). The fourth-order valence-corrected chi connectivity index (χ4v) is 3.66. The number of fused-ring (bicyclic) bond motifs is 3. The minimum Gasteiger partial charge on any atom is -0.353 e. The van der Waals surface area contributed by atoms with Gasteiger partial charge in [-0.25, -0.2) is 10.1 Å². The number of thioether (sulfide) groups is 1. The Kier molecular flexibility index (Phi) is 5.63. The van der Waals surface area contributed by atoms with Crippen LogP contribution in [0.1, 0.15) is 40.0 Å². The van der Waals surface area contributed by atoms with Gasteiger partial charge >= 0.3 is 0 Å². The SMILES string of the molecule is CC(C)CCCC(C)NC(=O)CSc1n[nH]c2nc3ccccc3n12. The van der Waals surface area contributed by atoms with E-state index in [0.717, 1.165) is 29.0 Å². The van der Waals surface area contributed by atoms with Crippen molar-refractivity contribution in [3.63, 3.8) is 0 Å². The molecule has 3 rings (SSSR count). The molecule has 3 aromatic rings. The molecule has 0 saturated heterocycles. The van der Waals surface area contributed by atoms with Crippen molar-refractivity contribution in [1.82, 2.24) is 24.9 Å². The summed E-state index contributed by atoms with van der Waals surface area (Å²) in [5, 5.41) is 11.0. The van der Waals surface area contributed by atoms with E-state index in [9.17, 15) is 4.79 Å². The normalized spacial score (nSPS) is 13.0. The van der Waals surface area contributed by atoms with Crippen LogP contribution in [0.5, 0.6) is 0 Å². The van der Waals surface area contributed by atoms with Crippen molar-refractivity contribution >= 4 is 34.5 Å². The lowest BCUT2D eigenvalue weighted by atomic mass is 10.0. The van der Waals surface area contributed by atoms with Gasteiger partial charge < -0.3 is 5.32 Å². The van der Waals surface area contributed by atoms with Gasteiger partial charge in [0.1, 0.15) is 0 Å². The molecule has 6 nitrogen and oxygen atoms in total. The molecule has 25 heavy (non-hydrogen) atoms. The number of benzene rings is 1. The third-order valence-electron chi connectivity index (χ3n) is 4.16. The van der Waals surface area contributed by atoms with Crippen LogP contribution in [0, 0.1) is 5.92 Å². The van der Waals surface area contributed by atoms with Gasteiger partial charge in [0.15, 0.2) is 5.16 Å². The fourth-order valence-electron chi connectivity index (χ4n) is 2.89. The van der Waals surface area contributed by atoms with Crippen molar-refractivity contribution in [3.8, 4) is 0 Å². The Morgan fingerprint density at radius 3 is 2.88 bits per heavy atom. The number of para-hydroxylation sites is 2. The van der Waals surface area contributed by atoms with Gasteiger partial charge in [-0.15, -0.1) is 5.10 Å². The Bertz CT molecular complexity index is 854. The molecule has 134 valence electrons. The summed E-state index contributed by atoms with van der Waals surface area (Å²) in [5.41, 5.74) is 1.91. The van der Waals surface area contributed by atoms with Gasteiger partial charge in [0.05, 0.1) is 16.8 Å². The van der Waals surface area contributed by atoms with E-state index in [1.165, 1.54) is 18.2 Å². The number of hydrogen-bond donors (Lipinski definition) is 2. The lowest BCUT2D eigenvalue weighted by Gasteiger charge is -2.14.